The maximum absolute atomic E-state index is 12.4. The van der Waals surface area contributed by atoms with Gasteiger partial charge in [-0.1, -0.05) is 46.0 Å². The minimum atomic E-state index is -0.310. The number of piperazine rings is 1. The Morgan fingerprint density at radius 3 is 2.63 bits per heavy atom. The monoisotopic (exact) mass is 266 g/mol. The van der Waals surface area contributed by atoms with Crippen LogP contribution in [0.3, 0.4) is 0 Å². The first kappa shape index (κ1) is 14.4. The van der Waals surface area contributed by atoms with Crippen molar-refractivity contribution in [2.24, 2.45) is 11.8 Å². The molecule has 2 amide bonds. The highest BCUT2D eigenvalue weighted by molar-refractivity contribution is 5.95. The Morgan fingerprint density at radius 2 is 2.00 bits per heavy atom. The van der Waals surface area contributed by atoms with Crippen LogP contribution in [0.5, 0.6) is 0 Å². The molecule has 2 unspecified atom stereocenters. The fourth-order valence-electron chi connectivity index (χ4n) is 3.18. The van der Waals surface area contributed by atoms with Crippen LogP contribution in [0.25, 0.3) is 0 Å². The van der Waals surface area contributed by atoms with Crippen LogP contribution in [0.1, 0.15) is 52.4 Å². The summed E-state index contributed by atoms with van der Waals surface area (Å²) >= 11 is 0. The third-order valence-electron chi connectivity index (χ3n) is 4.72. The number of carbonyl (C=O) groups is 2. The molecular formula is C15H26N2O2. The summed E-state index contributed by atoms with van der Waals surface area (Å²) in [6.07, 6.45) is 7.22. The van der Waals surface area contributed by atoms with E-state index in [1.807, 2.05) is 6.92 Å². The molecule has 1 aliphatic carbocycles. The lowest BCUT2D eigenvalue weighted by Crippen LogP contribution is -2.60. The minimum absolute atomic E-state index is 0.00341. The van der Waals surface area contributed by atoms with E-state index in [0.717, 1.165) is 25.3 Å². The Labute approximate surface area is 115 Å². The predicted molar refractivity (Wildman–Crippen MR) is 74.5 cm³/mol. The molecule has 1 heterocycles. The fourth-order valence-corrected chi connectivity index (χ4v) is 3.18. The Bertz CT molecular complexity index is 337. The molecule has 1 saturated heterocycles. The van der Waals surface area contributed by atoms with Crippen LogP contribution in [0.15, 0.2) is 0 Å². The number of carbonyl (C=O) groups excluding carboxylic acids is 2. The second-order valence-corrected chi connectivity index (χ2v) is 6.13. The van der Waals surface area contributed by atoms with Crippen LogP contribution in [0, 0.1) is 11.8 Å². The molecular weight excluding hydrogens is 240 g/mol. The molecule has 2 rings (SSSR count). The van der Waals surface area contributed by atoms with Gasteiger partial charge < -0.3 is 10.2 Å². The molecule has 0 aromatic rings. The van der Waals surface area contributed by atoms with Crippen LogP contribution in [0.2, 0.25) is 0 Å². The van der Waals surface area contributed by atoms with Crippen LogP contribution >= 0.6 is 0 Å². The largest absolute Gasteiger partial charge is 0.342 e. The number of nitrogens with one attached hydrogen (secondary N) is 1. The fraction of sp³-hybridized carbons (Fsp3) is 0.867. The first-order valence-electron chi connectivity index (χ1n) is 7.70. The van der Waals surface area contributed by atoms with E-state index in [0.29, 0.717) is 0 Å². The SMILES string of the molecule is CCC(C)C1NC(=O)CN(CCC2CCCC2)C1=O. The van der Waals surface area contributed by atoms with E-state index in [9.17, 15) is 9.59 Å². The lowest BCUT2D eigenvalue weighted by atomic mass is 9.95. The number of nitrogens with zero attached hydrogens (tertiary/aromatic N) is 1. The van der Waals surface area contributed by atoms with Crippen molar-refractivity contribution in [3.05, 3.63) is 0 Å². The smallest absolute Gasteiger partial charge is 0.245 e. The third-order valence-corrected chi connectivity index (χ3v) is 4.72. The normalized spacial score (nSPS) is 26.6. The first-order chi connectivity index (χ1) is 9.11. The second-order valence-electron chi connectivity index (χ2n) is 6.13. The summed E-state index contributed by atoms with van der Waals surface area (Å²) in [4.78, 5) is 25.9. The lowest BCUT2D eigenvalue weighted by Gasteiger charge is -2.35. The highest BCUT2D eigenvalue weighted by Crippen LogP contribution is 2.28. The summed E-state index contributed by atoms with van der Waals surface area (Å²) < 4.78 is 0. The molecule has 0 radical (unpaired) electrons. The summed E-state index contributed by atoms with van der Waals surface area (Å²) in [5.41, 5.74) is 0. The third kappa shape index (κ3) is 3.48. The highest BCUT2D eigenvalue weighted by atomic mass is 16.2. The topological polar surface area (TPSA) is 49.4 Å². The van der Waals surface area contributed by atoms with Crippen molar-refractivity contribution in [3.63, 3.8) is 0 Å². The molecule has 0 spiro atoms. The van der Waals surface area contributed by atoms with Crippen LogP contribution in [0.4, 0.5) is 0 Å². The summed E-state index contributed by atoms with van der Waals surface area (Å²) in [6, 6.07) is -0.310. The molecule has 2 fully saturated rings. The molecule has 1 aliphatic heterocycles. The Kier molecular flexibility index (Phi) is 4.83. The molecule has 2 atom stereocenters. The van der Waals surface area contributed by atoms with Gasteiger partial charge in [-0.05, 0) is 18.3 Å². The van der Waals surface area contributed by atoms with Gasteiger partial charge in [-0.15, -0.1) is 0 Å². The summed E-state index contributed by atoms with van der Waals surface area (Å²) in [7, 11) is 0. The average Bonchev–Trinajstić information content (AvgIpc) is 2.91. The predicted octanol–water partition coefficient (Wildman–Crippen LogP) is 1.94. The van der Waals surface area contributed by atoms with E-state index in [1.165, 1.54) is 25.7 Å². The molecule has 108 valence electrons. The highest BCUT2D eigenvalue weighted by Gasteiger charge is 2.35. The van der Waals surface area contributed by atoms with Crippen molar-refractivity contribution in [1.82, 2.24) is 10.2 Å². The Hall–Kier alpha value is -1.06. The van der Waals surface area contributed by atoms with E-state index in [4.69, 9.17) is 0 Å². The molecule has 0 aromatic heterocycles. The van der Waals surface area contributed by atoms with Crippen LogP contribution in [-0.2, 0) is 9.59 Å². The molecule has 1 saturated carbocycles. The van der Waals surface area contributed by atoms with Crippen molar-refractivity contribution < 1.29 is 9.59 Å². The van der Waals surface area contributed by atoms with Crippen LogP contribution < -0.4 is 5.32 Å². The van der Waals surface area contributed by atoms with Gasteiger partial charge in [0.2, 0.25) is 11.8 Å². The van der Waals surface area contributed by atoms with E-state index in [1.54, 1.807) is 4.90 Å². The Morgan fingerprint density at radius 1 is 1.32 bits per heavy atom. The van der Waals surface area contributed by atoms with Crippen molar-refractivity contribution in [3.8, 4) is 0 Å². The molecule has 4 nitrogen and oxygen atoms in total. The van der Waals surface area contributed by atoms with Crippen molar-refractivity contribution >= 4 is 11.8 Å². The zero-order chi connectivity index (χ0) is 13.8. The van der Waals surface area contributed by atoms with Crippen molar-refractivity contribution in [2.75, 3.05) is 13.1 Å². The molecule has 0 aromatic carbocycles. The standard InChI is InChI=1S/C15H26N2O2/c1-3-11(2)14-15(19)17(10-13(18)16-14)9-8-12-6-4-5-7-12/h11-12,14H,3-10H2,1-2H3,(H,16,18). The molecule has 0 bridgehead atoms. The summed E-state index contributed by atoms with van der Waals surface area (Å²) in [5, 5.41) is 2.84. The van der Waals surface area contributed by atoms with Gasteiger partial charge in [0.1, 0.15) is 6.04 Å². The van der Waals surface area contributed by atoms with Gasteiger partial charge in [0.15, 0.2) is 0 Å². The first-order valence-corrected chi connectivity index (χ1v) is 7.70. The number of amides is 2. The van der Waals surface area contributed by atoms with E-state index in [-0.39, 0.29) is 30.3 Å². The minimum Gasteiger partial charge on any atom is -0.342 e. The van der Waals surface area contributed by atoms with Gasteiger partial charge in [0.05, 0.1) is 6.54 Å². The van der Waals surface area contributed by atoms with E-state index >= 15 is 0 Å². The lowest BCUT2D eigenvalue weighted by molar-refractivity contribution is -0.145. The summed E-state index contributed by atoms with van der Waals surface area (Å²) in [5.74, 6) is 1.09. The number of hydrogen-bond acceptors (Lipinski definition) is 2. The maximum Gasteiger partial charge on any atom is 0.245 e. The van der Waals surface area contributed by atoms with Crippen molar-refractivity contribution in [1.29, 1.82) is 0 Å². The van der Waals surface area contributed by atoms with Gasteiger partial charge in [-0.3, -0.25) is 9.59 Å². The Balaban J connectivity index is 1.90. The number of rotatable bonds is 5. The molecule has 4 heteroatoms. The zero-order valence-corrected chi connectivity index (χ0v) is 12.2. The van der Waals surface area contributed by atoms with Gasteiger partial charge >= 0.3 is 0 Å². The zero-order valence-electron chi connectivity index (χ0n) is 12.2. The van der Waals surface area contributed by atoms with Gasteiger partial charge in [0.25, 0.3) is 0 Å². The van der Waals surface area contributed by atoms with Gasteiger partial charge in [-0.25, -0.2) is 0 Å². The average molecular weight is 266 g/mol. The van der Waals surface area contributed by atoms with E-state index < -0.39 is 0 Å². The van der Waals surface area contributed by atoms with E-state index in [2.05, 4.69) is 12.2 Å². The maximum atomic E-state index is 12.4. The number of hydrogen-bond donors (Lipinski definition) is 1. The van der Waals surface area contributed by atoms with Crippen molar-refractivity contribution in [2.45, 2.75) is 58.4 Å². The molecule has 19 heavy (non-hydrogen) atoms. The van der Waals surface area contributed by atoms with Gasteiger partial charge in [0, 0.05) is 6.54 Å². The second kappa shape index (κ2) is 6.40. The quantitative estimate of drug-likeness (QED) is 0.826. The van der Waals surface area contributed by atoms with Gasteiger partial charge in [-0.2, -0.15) is 0 Å². The molecule has 1 N–H and O–H groups in total. The summed E-state index contributed by atoms with van der Waals surface area (Å²) in [6.45, 7) is 5.09. The van der Waals surface area contributed by atoms with Crippen LogP contribution in [-0.4, -0.2) is 35.8 Å². The molecule has 2 aliphatic rings.